The van der Waals surface area contributed by atoms with Gasteiger partial charge in [-0.2, -0.15) is 5.10 Å². The number of ether oxygens (including phenoxy) is 1. The summed E-state index contributed by atoms with van der Waals surface area (Å²) >= 11 is 3.58. The number of aromatic nitrogens is 2. The van der Waals surface area contributed by atoms with Crippen LogP contribution in [0.3, 0.4) is 0 Å². The summed E-state index contributed by atoms with van der Waals surface area (Å²) in [4.78, 5) is 2.14. The summed E-state index contributed by atoms with van der Waals surface area (Å²) in [5.74, 6) is 6.28. The first-order chi connectivity index (χ1) is 9.54. The summed E-state index contributed by atoms with van der Waals surface area (Å²) in [6, 6.07) is -0.0495. The van der Waals surface area contributed by atoms with E-state index in [-0.39, 0.29) is 12.1 Å². The van der Waals surface area contributed by atoms with Gasteiger partial charge in [-0.05, 0) is 42.4 Å². The standard InChI is InChI=1S/C13H24BrN5O/c1-9-4-7-20-13(9)11(17-15)12-10(14)8-16-19(12)6-5-18(2)3/h8-9,11,13,17H,4-7,15H2,1-3H3. The average molecular weight is 346 g/mol. The third-order valence-electron chi connectivity index (χ3n) is 3.84. The smallest absolute Gasteiger partial charge is 0.0904 e. The van der Waals surface area contributed by atoms with Crippen molar-refractivity contribution >= 4 is 15.9 Å². The number of likely N-dealkylation sites (N-methyl/N-ethyl adjacent to an activating group) is 1. The van der Waals surface area contributed by atoms with Crippen LogP contribution in [0.15, 0.2) is 10.7 Å². The fourth-order valence-electron chi connectivity index (χ4n) is 2.63. The van der Waals surface area contributed by atoms with Crippen LogP contribution in [0.2, 0.25) is 0 Å². The van der Waals surface area contributed by atoms with Crippen molar-refractivity contribution in [2.75, 3.05) is 27.2 Å². The van der Waals surface area contributed by atoms with Crippen LogP contribution in [0.1, 0.15) is 25.1 Å². The van der Waals surface area contributed by atoms with Crippen LogP contribution in [0.4, 0.5) is 0 Å². The molecule has 20 heavy (non-hydrogen) atoms. The number of nitrogens with zero attached hydrogens (tertiary/aromatic N) is 3. The predicted molar refractivity (Wildman–Crippen MR) is 82.1 cm³/mol. The molecule has 0 bridgehead atoms. The van der Waals surface area contributed by atoms with Crippen LogP contribution in [-0.4, -0.2) is 48.0 Å². The lowest BCUT2D eigenvalue weighted by atomic mass is 9.96. The van der Waals surface area contributed by atoms with Gasteiger partial charge in [0.25, 0.3) is 0 Å². The van der Waals surface area contributed by atoms with Crippen LogP contribution < -0.4 is 11.3 Å². The lowest BCUT2D eigenvalue weighted by Gasteiger charge is -2.27. The lowest BCUT2D eigenvalue weighted by molar-refractivity contribution is 0.0575. The van der Waals surface area contributed by atoms with Crippen LogP contribution in [0, 0.1) is 5.92 Å². The number of hydrazine groups is 1. The molecule has 2 rings (SSSR count). The molecular weight excluding hydrogens is 322 g/mol. The van der Waals surface area contributed by atoms with Gasteiger partial charge in [-0.25, -0.2) is 5.43 Å². The maximum absolute atomic E-state index is 5.86. The molecule has 3 atom stereocenters. The summed E-state index contributed by atoms with van der Waals surface area (Å²) in [7, 11) is 4.11. The van der Waals surface area contributed by atoms with E-state index in [1.807, 2.05) is 10.9 Å². The largest absolute Gasteiger partial charge is 0.376 e. The van der Waals surface area contributed by atoms with Gasteiger partial charge in [0.05, 0.1) is 35.1 Å². The third-order valence-corrected chi connectivity index (χ3v) is 4.45. The highest BCUT2D eigenvalue weighted by Gasteiger charge is 2.35. The van der Waals surface area contributed by atoms with Crippen molar-refractivity contribution in [1.29, 1.82) is 0 Å². The van der Waals surface area contributed by atoms with E-state index in [0.29, 0.717) is 5.92 Å². The number of nitrogens with one attached hydrogen (secondary N) is 1. The number of hydrogen-bond acceptors (Lipinski definition) is 5. The summed E-state index contributed by atoms with van der Waals surface area (Å²) in [6.45, 7) is 4.76. The minimum atomic E-state index is -0.0495. The molecule has 2 heterocycles. The quantitative estimate of drug-likeness (QED) is 0.597. The Kier molecular flexibility index (Phi) is 5.57. The Balaban J connectivity index is 2.22. The maximum atomic E-state index is 5.86. The van der Waals surface area contributed by atoms with E-state index in [0.717, 1.165) is 36.3 Å². The molecule has 3 unspecified atom stereocenters. The van der Waals surface area contributed by atoms with Crippen LogP contribution >= 0.6 is 15.9 Å². The minimum absolute atomic E-state index is 0.0495. The molecule has 7 heteroatoms. The monoisotopic (exact) mass is 345 g/mol. The van der Waals surface area contributed by atoms with Gasteiger partial charge in [0, 0.05) is 13.2 Å². The van der Waals surface area contributed by atoms with E-state index in [9.17, 15) is 0 Å². The molecule has 1 fully saturated rings. The van der Waals surface area contributed by atoms with Crippen molar-refractivity contribution in [3.63, 3.8) is 0 Å². The van der Waals surface area contributed by atoms with Gasteiger partial charge in [0.15, 0.2) is 0 Å². The normalized spacial score (nSPS) is 24.5. The van der Waals surface area contributed by atoms with Crippen LogP contribution in [0.5, 0.6) is 0 Å². The molecule has 114 valence electrons. The second kappa shape index (κ2) is 7.00. The first kappa shape index (κ1) is 15.9. The molecule has 0 saturated carbocycles. The maximum Gasteiger partial charge on any atom is 0.0904 e. The van der Waals surface area contributed by atoms with E-state index in [1.165, 1.54) is 0 Å². The molecular formula is C13H24BrN5O. The highest BCUT2D eigenvalue weighted by molar-refractivity contribution is 9.10. The summed E-state index contributed by atoms with van der Waals surface area (Å²) in [6.07, 6.45) is 2.99. The summed E-state index contributed by atoms with van der Waals surface area (Å²) in [5.41, 5.74) is 3.98. The molecule has 0 amide bonds. The molecule has 0 aromatic carbocycles. The number of halogens is 1. The Morgan fingerprint density at radius 1 is 1.65 bits per heavy atom. The molecule has 0 aliphatic carbocycles. The zero-order chi connectivity index (χ0) is 14.7. The van der Waals surface area contributed by atoms with Crippen LogP contribution in [-0.2, 0) is 11.3 Å². The molecule has 1 saturated heterocycles. The lowest BCUT2D eigenvalue weighted by Crippen LogP contribution is -2.40. The highest BCUT2D eigenvalue weighted by atomic mass is 79.9. The molecule has 3 N–H and O–H groups in total. The Morgan fingerprint density at radius 2 is 2.40 bits per heavy atom. The topological polar surface area (TPSA) is 68.3 Å². The minimum Gasteiger partial charge on any atom is -0.376 e. The zero-order valence-corrected chi connectivity index (χ0v) is 13.9. The number of nitrogens with two attached hydrogens (primary N) is 1. The molecule has 0 radical (unpaired) electrons. The van der Waals surface area contributed by atoms with Gasteiger partial charge in [0.1, 0.15) is 0 Å². The van der Waals surface area contributed by atoms with Crippen molar-refractivity contribution in [1.82, 2.24) is 20.1 Å². The molecule has 6 nitrogen and oxygen atoms in total. The molecule has 1 aliphatic heterocycles. The highest BCUT2D eigenvalue weighted by Crippen LogP contribution is 2.34. The Labute approximate surface area is 128 Å². The van der Waals surface area contributed by atoms with Crippen molar-refractivity contribution in [3.05, 3.63) is 16.4 Å². The van der Waals surface area contributed by atoms with E-state index in [1.54, 1.807) is 0 Å². The number of rotatable bonds is 6. The fraction of sp³-hybridized carbons (Fsp3) is 0.769. The van der Waals surface area contributed by atoms with E-state index in [2.05, 4.69) is 52.4 Å². The second-order valence-electron chi connectivity index (χ2n) is 5.65. The van der Waals surface area contributed by atoms with Gasteiger partial charge < -0.3 is 9.64 Å². The predicted octanol–water partition coefficient (Wildman–Crippen LogP) is 1.14. The van der Waals surface area contributed by atoms with Crippen molar-refractivity contribution in [3.8, 4) is 0 Å². The van der Waals surface area contributed by atoms with Gasteiger partial charge >= 0.3 is 0 Å². The fourth-order valence-corrected chi connectivity index (χ4v) is 3.17. The first-order valence-corrected chi connectivity index (χ1v) is 7.77. The summed E-state index contributed by atoms with van der Waals surface area (Å²) < 4.78 is 8.84. The van der Waals surface area contributed by atoms with E-state index >= 15 is 0 Å². The SMILES string of the molecule is CC1CCOC1C(NN)c1c(Br)cnn1CCN(C)C. The van der Waals surface area contributed by atoms with Gasteiger partial charge in [0.2, 0.25) is 0 Å². The summed E-state index contributed by atoms with van der Waals surface area (Å²) in [5, 5.41) is 4.44. The van der Waals surface area contributed by atoms with Gasteiger partial charge in [-0.1, -0.05) is 6.92 Å². The van der Waals surface area contributed by atoms with Crippen molar-refractivity contribution in [2.24, 2.45) is 11.8 Å². The zero-order valence-electron chi connectivity index (χ0n) is 12.3. The Morgan fingerprint density at radius 3 is 2.95 bits per heavy atom. The second-order valence-corrected chi connectivity index (χ2v) is 6.50. The van der Waals surface area contributed by atoms with Gasteiger partial charge in [-0.15, -0.1) is 0 Å². The molecule has 0 spiro atoms. The molecule has 1 aromatic rings. The van der Waals surface area contributed by atoms with Crippen LogP contribution in [0.25, 0.3) is 0 Å². The first-order valence-electron chi connectivity index (χ1n) is 6.98. The van der Waals surface area contributed by atoms with Gasteiger partial charge in [-0.3, -0.25) is 10.5 Å². The Hall–Kier alpha value is -0.470. The third kappa shape index (κ3) is 3.40. The van der Waals surface area contributed by atoms with E-state index in [4.69, 9.17) is 10.6 Å². The van der Waals surface area contributed by atoms with E-state index < -0.39 is 0 Å². The number of hydrogen-bond donors (Lipinski definition) is 2. The van der Waals surface area contributed by atoms with Crippen molar-refractivity contribution in [2.45, 2.75) is 32.0 Å². The average Bonchev–Trinajstić information content (AvgIpc) is 2.97. The molecule has 1 aliphatic rings. The molecule has 1 aromatic heterocycles. The Bertz CT molecular complexity index is 436. The van der Waals surface area contributed by atoms with Crippen molar-refractivity contribution < 1.29 is 4.74 Å².